The second-order valence-electron chi connectivity index (χ2n) is 5.67. The van der Waals surface area contributed by atoms with Gasteiger partial charge < -0.3 is 14.4 Å². The van der Waals surface area contributed by atoms with Crippen LogP contribution in [-0.2, 0) is 17.1 Å². The van der Waals surface area contributed by atoms with E-state index in [1.54, 1.807) is 0 Å². The number of thioether (sulfide) groups is 1. The molecule has 1 heterocycles. The van der Waals surface area contributed by atoms with Crippen LogP contribution in [0.5, 0.6) is 5.75 Å². The van der Waals surface area contributed by atoms with Gasteiger partial charge in [0.25, 0.3) is 0 Å². The molecule has 0 N–H and O–H groups in total. The highest BCUT2D eigenvalue weighted by Gasteiger charge is 2.25. The summed E-state index contributed by atoms with van der Waals surface area (Å²) >= 11 is 6.78. The molecule has 1 aliphatic rings. The maximum atomic E-state index is 13.9. The molecule has 6 heteroatoms. The molecule has 1 atom stereocenters. The second-order valence-corrected chi connectivity index (χ2v) is 7.28. The number of hydrogen-bond donors (Lipinski definition) is 0. The van der Waals surface area contributed by atoms with Gasteiger partial charge in [0.2, 0.25) is 6.29 Å². The molecule has 0 saturated heterocycles. The van der Waals surface area contributed by atoms with Crippen LogP contribution in [0.3, 0.4) is 0 Å². The SMILES string of the molecule is CN(C)C(=S)SCc1cc(F)cc2c1O[C@H](c1ccccc1)OC2. The summed E-state index contributed by atoms with van der Waals surface area (Å²) in [6, 6.07) is 12.7. The van der Waals surface area contributed by atoms with Crippen molar-refractivity contribution in [3.05, 3.63) is 65.0 Å². The molecule has 24 heavy (non-hydrogen) atoms. The molecule has 0 aromatic heterocycles. The molecule has 0 saturated carbocycles. The van der Waals surface area contributed by atoms with Crippen LogP contribution >= 0.6 is 24.0 Å². The van der Waals surface area contributed by atoms with Crippen LogP contribution < -0.4 is 4.74 Å². The monoisotopic (exact) mass is 363 g/mol. The normalized spacial score (nSPS) is 16.2. The van der Waals surface area contributed by atoms with Crippen LogP contribution in [0.15, 0.2) is 42.5 Å². The maximum absolute atomic E-state index is 13.9. The zero-order chi connectivity index (χ0) is 17.1. The van der Waals surface area contributed by atoms with Crippen molar-refractivity contribution >= 4 is 28.3 Å². The predicted molar refractivity (Wildman–Crippen MR) is 98.6 cm³/mol. The number of benzene rings is 2. The second kappa shape index (κ2) is 7.51. The van der Waals surface area contributed by atoms with Gasteiger partial charge in [-0.1, -0.05) is 54.3 Å². The minimum absolute atomic E-state index is 0.287. The number of ether oxygens (including phenoxy) is 2. The van der Waals surface area contributed by atoms with Crippen molar-refractivity contribution in [2.75, 3.05) is 14.1 Å². The summed E-state index contributed by atoms with van der Waals surface area (Å²) < 4.78 is 26.4. The van der Waals surface area contributed by atoms with E-state index < -0.39 is 6.29 Å². The van der Waals surface area contributed by atoms with E-state index in [4.69, 9.17) is 21.7 Å². The summed E-state index contributed by atoms with van der Waals surface area (Å²) in [5.74, 6) is 0.967. The molecule has 0 bridgehead atoms. The smallest absolute Gasteiger partial charge is 0.227 e. The first-order valence-electron chi connectivity index (χ1n) is 7.53. The van der Waals surface area contributed by atoms with Gasteiger partial charge >= 0.3 is 0 Å². The number of hydrogen-bond acceptors (Lipinski definition) is 4. The number of fused-ring (bicyclic) bond motifs is 1. The Bertz CT molecular complexity index is 737. The lowest BCUT2D eigenvalue weighted by Crippen LogP contribution is -2.20. The molecule has 2 aromatic rings. The minimum Gasteiger partial charge on any atom is -0.460 e. The van der Waals surface area contributed by atoms with Crippen molar-refractivity contribution in [2.45, 2.75) is 18.6 Å². The van der Waals surface area contributed by atoms with Crippen molar-refractivity contribution in [1.82, 2.24) is 4.90 Å². The van der Waals surface area contributed by atoms with Crippen molar-refractivity contribution in [1.29, 1.82) is 0 Å². The number of rotatable bonds is 3. The van der Waals surface area contributed by atoms with Gasteiger partial charge in [0.1, 0.15) is 15.9 Å². The largest absolute Gasteiger partial charge is 0.460 e. The molecule has 0 amide bonds. The van der Waals surface area contributed by atoms with Crippen molar-refractivity contribution < 1.29 is 13.9 Å². The summed E-state index contributed by atoms with van der Waals surface area (Å²) in [7, 11) is 3.79. The first-order valence-corrected chi connectivity index (χ1v) is 8.92. The van der Waals surface area contributed by atoms with Crippen LogP contribution in [0.25, 0.3) is 0 Å². The van der Waals surface area contributed by atoms with Gasteiger partial charge in [-0.2, -0.15) is 0 Å². The molecular formula is C18H18FNO2S2. The third-order valence-electron chi connectivity index (χ3n) is 3.61. The topological polar surface area (TPSA) is 21.7 Å². The Hall–Kier alpha value is -1.63. The molecule has 3 rings (SSSR count). The lowest BCUT2D eigenvalue weighted by Gasteiger charge is -2.28. The Balaban J connectivity index is 1.84. The standard InChI is InChI=1S/C18H18FNO2S2/c1-20(2)18(23)24-11-14-9-15(19)8-13-10-21-17(22-16(13)14)12-6-4-3-5-7-12/h3-9,17H,10-11H2,1-2H3/t17-/m1/s1. The lowest BCUT2D eigenvalue weighted by atomic mass is 10.1. The van der Waals surface area contributed by atoms with Gasteiger partial charge in [0.15, 0.2) is 0 Å². The Morgan fingerprint density at radius 3 is 2.75 bits per heavy atom. The van der Waals surface area contributed by atoms with E-state index in [1.165, 1.54) is 23.9 Å². The van der Waals surface area contributed by atoms with E-state index in [0.29, 0.717) is 18.1 Å². The van der Waals surface area contributed by atoms with Crippen LogP contribution in [0.1, 0.15) is 23.0 Å². The molecule has 3 nitrogen and oxygen atoms in total. The molecular weight excluding hydrogens is 345 g/mol. The van der Waals surface area contributed by atoms with Gasteiger partial charge in [-0.15, -0.1) is 0 Å². The van der Waals surface area contributed by atoms with E-state index in [0.717, 1.165) is 21.0 Å². The Morgan fingerprint density at radius 1 is 1.29 bits per heavy atom. The number of halogens is 1. The van der Waals surface area contributed by atoms with E-state index >= 15 is 0 Å². The fraction of sp³-hybridized carbons (Fsp3) is 0.278. The van der Waals surface area contributed by atoms with Gasteiger partial charge in [0.05, 0.1) is 6.61 Å². The summed E-state index contributed by atoms with van der Waals surface area (Å²) in [6.07, 6.45) is -0.478. The highest BCUT2D eigenvalue weighted by Crippen LogP contribution is 2.38. The first-order chi connectivity index (χ1) is 11.5. The van der Waals surface area contributed by atoms with E-state index in [1.807, 2.05) is 49.3 Å². The lowest BCUT2D eigenvalue weighted by molar-refractivity contribution is -0.112. The van der Waals surface area contributed by atoms with E-state index in [-0.39, 0.29) is 5.82 Å². The molecule has 0 unspecified atom stereocenters. The third kappa shape index (κ3) is 3.88. The van der Waals surface area contributed by atoms with E-state index in [9.17, 15) is 4.39 Å². The Morgan fingerprint density at radius 2 is 2.04 bits per heavy atom. The molecule has 126 valence electrons. The van der Waals surface area contributed by atoms with Crippen LogP contribution in [0, 0.1) is 5.82 Å². The highest BCUT2D eigenvalue weighted by atomic mass is 32.2. The highest BCUT2D eigenvalue weighted by molar-refractivity contribution is 8.22. The van der Waals surface area contributed by atoms with Crippen LogP contribution in [0.4, 0.5) is 4.39 Å². The summed E-state index contributed by atoms with van der Waals surface area (Å²) in [4.78, 5) is 1.86. The van der Waals surface area contributed by atoms with Gasteiger partial charge in [-0.25, -0.2) is 4.39 Å². The van der Waals surface area contributed by atoms with Crippen LogP contribution in [0.2, 0.25) is 0 Å². The Kier molecular flexibility index (Phi) is 5.38. The van der Waals surface area contributed by atoms with Gasteiger partial charge in [-0.3, -0.25) is 0 Å². The molecule has 2 aromatic carbocycles. The fourth-order valence-corrected chi connectivity index (χ4v) is 3.36. The number of thiocarbonyl (C=S) groups is 1. The average molecular weight is 363 g/mol. The predicted octanol–water partition coefficient (Wildman–Crippen LogP) is 4.51. The Labute approximate surface area is 150 Å². The first kappa shape index (κ1) is 17.2. The summed E-state index contributed by atoms with van der Waals surface area (Å²) in [5, 5.41) is 0. The average Bonchev–Trinajstić information content (AvgIpc) is 2.59. The quantitative estimate of drug-likeness (QED) is 0.746. The summed E-state index contributed by atoms with van der Waals surface area (Å²) in [5.41, 5.74) is 2.46. The third-order valence-corrected chi connectivity index (χ3v) is 5.40. The fourth-order valence-electron chi connectivity index (χ4n) is 2.43. The van der Waals surface area contributed by atoms with E-state index in [2.05, 4.69) is 0 Å². The zero-order valence-corrected chi connectivity index (χ0v) is 15.1. The molecule has 0 spiro atoms. The van der Waals surface area contributed by atoms with Gasteiger partial charge in [0, 0.05) is 36.5 Å². The molecule has 1 aliphatic heterocycles. The summed E-state index contributed by atoms with van der Waals surface area (Å²) in [6.45, 7) is 0.322. The molecule has 0 radical (unpaired) electrons. The number of nitrogens with zero attached hydrogens (tertiary/aromatic N) is 1. The zero-order valence-electron chi connectivity index (χ0n) is 13.5. The van der Waals surface area contributed by atoms with Crippen molar-refractivity contribution in [3.8, 4) is 5.75 Å². The molecule has 0 aliphatic carbocycles. The van der Waals surface area contributed by atoms with Crippen molar-refractivity contribution in [2.24, 2.45) is 0 Å². The maximum Gasteiger partial charge on any atom is 0.227 e. The minimum atomic E-state index is -0.478. The van der Waals surface area contributed by atoms with Gasteiger partial charge in [-0.05, 0) is 12.1 Å². The van der Waals surface area contributed by atoms with Crippen molar-refractivity contribution in [3.63, 3.8) is 0 Å². The van der Waals surface area contributed by atoms with Crippen LogP contribution in [-0.4, -0.2) is 23.3 Å². The molecule has 0 fully saturated rings.